The predicted octanol–water partition coefficient (Wildman–Crippen LogP) is 14.5. The molecule has 4 saturated heterocycles. The molecule has 17 unspecified atom stereocenters. The van der Waals surface area contributed by atoms with Crippen LogP contribution in [0.5, 0.6) is 0 Å². The highest BCUT2D eigenvalue weighted by Gasteiger charge is 2.94. The number of hydrogen-bond acceptors (Lipinski definition) is 8. The zero-order valence-corrected chi connectivity index (χ0v) is 48.6. The quantitative estimate of drug-likeness (QED) is 0.222. The summed E-state index contributed by atoms with van der Waals surface area (Å²) in [6.45, 7) is 5.56. The zero-order chi connectivity index (χ0) is 53.1. The van der Waals surface area contributed by atoms with E-state index in [4.69, 9.17) is 15.2 Å². The van der Waals surface area contributed by atoms with Crippen molar-refractivity contribution >= 4 is 11.9 Å². The number of carbonyl (C=O) groups is 2. The van der Waals surface area contributed by atoms with E-state index in [2.05, 4.69) is 41.0 Å². The summed E-state index contributed by atoms with van der Waals surface area (Å²) in [7, 11) is 0. The number of rotatable bonds is 5. The Hall–Kier alpha value is -3.36. The number of hydrogen-bond donors (Lipinski definition) is 2. The molecule has 7 saturated carbocycles. The van der Waals surface area contributed by atoms with Crippen molar-refractivity contribution < 1.29 is 24.2 Å². The van der Waals surface area contributed by atoms with Gasteiger partial charge in [0.15, 0.2) is 11.4 Å². The van der Waals surface area contributed by atoms with Crippen molar-refractivity contribution in [3.8, 4) is 0 Å². The van der Waals surface area contributed by atoms with Crippen molar-refractivity contribution in [2.45, 2.75) is 236 Å². The Morgan fingerprint density at radius 2 is 1.57 bits per heavy atom. The number of aryl methyl sites for hydroxylation is 1. The normalized spacial score (nSPS) is 48.2. The molecular formula is C72H93N3O5. The summed E-state index contributed by atoms with van der Waals surface area (Å²) < 4.78 is 15.2. The number of benzene rings is 1. The third-order valence-electron chi connectivity index (χ3n) is 30.7. The molecule has 17 atom stereocenters. The molecule has 19 rings (SSSR count). The van der Waals surface area contributed by atoms with Gasteiger partial charge in [-0.05, 0) is 229 Å². The number of fused-ring (bicyclic) bond motifs is 10. The van der Waals surface area contributed by atoms with E-state index in [1.54, 1.807) is 22.4 Å². The minimum atomic E-state index is -1.14. The minimum Gasteiger partial charge on any atom is -0.508 e. The van der Waals surface area contributed by atoms with E-state index in [1.807, 2.05) is 0 Å². The molecule has 18 aliphatic rings. The highest BCUT2D eigenvalue weighted by atomic mass is 16.6. The summed E-state index contributed by atoms with van der Waals surface area (Å²) in [6, 6.07) is 7.87. The lowest BCUT2D eigenvalue weighted by Gasteiger charge is -2.74. The monoisotopic (exact) mass is 1080 g/mol. The second kappa shape index (κ2) is 16.3. The smallest absolute Gasteiger partial charge is 0.339 e. The van der Waals surface area contributed by atoms with E-state index in [-0.39, 0.29) is 41.1 Å². The predicted molar refractivity (Wildman–Crippen MR) is 307 cm³/mol. The number of nitrogens with zero attached hydrogens (tertiary/aromatic N) is 2. The van der Waals surface area contributed by atoms with Gasteiger partial charge in [0.25, 0.3) is 0 Å². The molecular weight excluding hydrogens is 987 g/mol. The molecule has 0 amide bonds. The van der Waals surface area contributed by atoms with Crippen LogP contribution in [0.2, 0.25) is 0 Å². The van der Waals surface area contributed by atoms with E-state index in [0.717, 1.165) is 74.6 Å². The molecule has 11 fully saturated rings. The number of aliphatic hydroxyl groups excluding tert-OH is 1. The van der Waals surface area contributed by atoms with Gasteiger partial charge in [0, 0.05) is 66.1 Å². The Kier molecular flexibility index (Phi) is 9.99. The van der Waals surface area contributed by atoms with E-state index in [0.29, 0.717) is 94.2 Å². The van der Waals surface area contributed by atoms with Crippen LogP contribution in [0, 0.1) is 91.7 Å². The molecule has 8 nitrogen and oxygen atoms in total. The van der Waals surface area contributed by atoms with Gasteiger partial charge < -0.3 is 25.2 Å². The first-order valence-corrected chi connectivity index (χ1v) is 34.5. The molecule has 3 N–H and O–H groups in total. The number of ether oxygens (including phenoxy) is 2. The Labute approximate surface area is 477 Å². The number of aliphatic hydroxyl groups is 1. The number of esters is 2. The number of nitrogens with two attached hydrogens (primary N) is 1. The van der Waals surface area contributed by atoms with Crippen LogP contribution in [0.4, 0.5) is 0 Å². The van der Waals surface area contributed by atoms with Crippen molar-refractivity contribution in [2.24, 2.45) is 97.4 Å². The summed E-state index contributed by atoms with van der Waals surface area (Å²) in [5.74, 6) is 3.88. The first-order valence-electron chi connectivity index (χ1n) is 34.5. The second-order valence-corrected chi connectivity index (χ2v) is 32.3. The van der Waals surface area contributed by atoms with E-state index in [1.165, 1.54) is 160 Å². The number of carbonyl (C=O) groups excluding carboxylic acids is 2. The molecule has 1 aromatic rings. The van der Waals surface area contributed by atoms with Gasteiger partial charge in [-0.3, -0.25) is 9.69 Å². The highest BCUT2D eigenvalue weighted by molar-refractivity contribution is 6.00. The fourth-order valence-electron chi connectivity index (χ4n) is 28.6. The molecule has 0 radical (unpaired) electrons. The standard InChI is InChI=1S/C72H93N3O5/c1-41-32-45-17-19-54-47-34-48-40-75(54)61(45)59-50-22-30-70-63(62(76)51-18-20-55(48)74(39-47)60(51)49-36-67(25-7-8-26-67)69(37-49)28-11-27-66(69)23-5-6-24-66)79-65(78)71(70)56(72(70)53-16-9-14-43(15-10-31-73)57(53)64(77)80-72)35-46(42-12-3-2-4-13-42)33-44-21-29-68(41,59)38-52(44)58(50)71/h9,14,16,33,41-42,46-49,51-52,54-56,59-60,76H,2-8,10-13,15,17-32,34-40,73H2,1H3. The molecule has 11 aliphatic carbocycles. The number of piperidine rings is 3. The maximum Gasteiger partial charge on any atom is 0.339 e. The molecule has 8 heteroatoms. The van der Waals surface area contributed by atoms with Crippen molar-refractivity contribution in [3.63, 3.8) is 0 Å². The Morgan fingerprint density at radius 3 is 2.41 bits per heavy atom. The zero-order valence-electron chi connectivity index (χ0n) is 48.6. The molecule has 1 aromatic carbocycles. The van der Waals surface area contributed by atoms with Gasteiger partial charge >= 0.3 is 11.9 Å². The Morgan fingerprint density at radius 1 is 0.762 bits per heavy atom. The SMILES string of the molecule is CC1CC2=C3C4C5=C6C7CC14CCC7=CC(C1CCCCC1)CC1C64C(=O)OC(=C(O)C6CCC7C8CC(CN7C6C6CC7(CCCC7)C7(CCCC79CCCC9)C6)C(CC2)N3C8)C4(CC5)C12OC(=O)c1c(CCCN)cccc12. The van der Waals surface area contributed by atoms with Crippen LogP contribution in [0.3, 0.4) is 0 Å². The Balaban J connectivity index is 0.894. The lowest BCUT2D eigenvalue weighted by molar-refractivity contribution is -0.284. The maximum atomic E-state index is 17.1. The average molecular weight is 1080 g/mol. The second-order valence-electron chi connectivity index (χ2n) is 32.3. The minimum absolute atomic E-state index is 0.0924. The summed E-state index contributed by atoms with van der Waals surface area (Å²) >= 11 is 0. The molecule has 0 aromatic heterocycles. The van der Waals surface area contributed by atoms with Crippen molar-refractivity contribution in [3.05, 3.63) is 80.5 Å². The topological polar surface area (TPSA) is 105 Å². The largest absolute Gasteiger partial charge is 0.508 e. The summed E-state index contributed by atoms with van der Waals surface area (Å²) in [5, 5.41) is 14.7. The molecule has 426 valence electrons. The molecule has 7 aliphatic heterocycles. The van der Waals surface area contributed by atoms with E-state index >= 15 is 9.59 Å². The lowest BCUT2D eigenvalue weighted by atomic mass is 9.26. The van der Waals surface area contributed by atoms with E-state index < -0.39 is 16.4 Å². The molecule has 7 heterocycles. The first-order chi connectivity index (χ1) is 39.1. The van der Waals surface area contributed by atoms with E-state index in [9.17, 15) is 5.11 Å². The summed E-state index contributed by atoms with van der Waals surface area (Å²) in [4.78, 5) is 39.1. The lowest BCUT2D eigenvalue weighted by Crippen LogP contribution is -2.78. The Bertz CT molecular complexity index is 3050. The van der Waals surface area contributed by atoms with Crippen LogP contribution >= 0.6 is 0 Å². The summed E-state index contributed by atoms with van der Waals surface area (Å²) in [6.07, 6.45) is 41.8. The van der Waals surface area contributed by atoms with Gasteiger partial charge in [0.2, 0.25) is 0 Å². The molecule has 80 heavy (non-hydrogen) atoms. The maximum absolute atomic E-state index is 17.1. The van der Waals surface area contributed by atoms with Gasteiger partial charge in [-0.1, -0.05) is 99.3 Å². The summed E-state index contributed by atoms with van der Waals surface area (Å²) in [5.41, 5.74) is 15.4. The van der Waals surface area contributed by atoms with Crippen LogP contribution in [0.25, 0.3) is 0 Å². The van der Waals surface area contributed by atoms with Gasteiger partial charge in [-0.15, -0.1) is 0 Å². The van der Waals surface area contributed by atoms with Crippen molar-refractivity contribution in [1.82, 2.24) is 9.80 Å². The third kappa shape index (κ3) is 5.37. The third-order valence-corrected chi connectivity index (χ3v) is 30.7. The molecule has 9 bridgehead atoms. The van der Waals surface area contributed by atoms with Crippen LogP contribution in [0.15, 0.2) is 63.8 Å². The van der Waals surface area contributed by atoms with Crippen LogP contribution < -0.4 is 5.73 Å². The average Bonchev–Trinajstić information content (AvgIpc) is 4.46. The fraction of sp³-hybridized carbons (Fsp3) is 0.778. The van der Waals surface area contributed by atoms with Gasteiger partial charge in [-0.2, -0.15) is 0 Å². The van der Waals surface area contributed by atoms with Crippen molar-refractivity contribution in [2.75, 3.05) is 19.6 Å². The highest BCUT2D eigenvalue weighted by Crippen LogP contribution is 2.90. The number of allylic oxidation sites excluding steroid dienone is 4. The van der Waals surface area contributed by atoms with Crippen LogP contribution in [-0.4, -0.2) is 64.6 Å². The van der Waals surface area contributed by atoms with Gasteiger partial charge in [0.1, 0.15) is 11.2 Å². The van der Waals surface area contributed by atoms with Crippen LogP contribution in [-0.2, 0) is 26.3 Å². The van der Waals surface area contributed by atoms with Gasteiger partial charge in [0.05, 0.1) is 11.0 Å². The van der Waals surface area contributed by atoms with Crippen LogP contribution in [0.1, 0.15) is 227 Å². The fourth-order valence-corrected chi connectivity index (χ4v) is 28.6. The van der Waals surface area contributed by atoms with Gasteiger partial charge in [-0.25, -0.2) is 4.79 Å². The van der Waals surface area contributed by atoms with Crippen molar-refractivity contribution in [1.29, 1.82) is 0 Å². The molecule has 7 spiro atoms. The first kappa shape index (κ1) is 49.0.